The van der Waals surface area contributed by atoms with Gasteiger partial charge in [-0.25, -0.2) is 0 Å². The fourth-order valence-corrected chi connectivity index (χ4v) is 2.74. The molecule has 0 saturated heterocycles. The van der Waals surface area contributed by atoms with Gasteiger partial charge in [-0.1, -0.05) is 42.0 Å². The van der Waals surface area contributed by atoms with E-state index in [9.17, 15) is 18.3 Å². The van der Waals surface area contributed by atoms with E-state index >= 15 is 0 Å². The van der Waals surface area contributed by atoms with Crippen LogP contribution >= 0.6 is 23.8 Å². The number of hydrogen-bond acceptors (Lipinski definition) is 2. The summed E-state index contributed by atoms with van der Waals surface area (Å²) in [7, 11) is 0. The second-order valence-corrected chi connectivity index (χ2v) is 6.31. The highest BCUT2D eigenvalue weighted by molar-refractivity contribution is 7.80. The fourth-order valence-electron chi connectivity index (χ4n) is 2.18. The van der Waals surface area contributed by atoms with Gasteiger partial charge >= 0.3 is 6.18 Å². The number of phenolic OH excluding ortho intramolecular Hbond substituents is 1. The molecule has 0 aliphatic heterocycles. The summed E-state index contributed by atoms with van der Waals surface area (Å²) >= 11 is 10.9. The van der Waals surface area contributed by atoms with Crippen LogP contribution in [0, 0.1) is 6.92 Å². The lowest BCUT2D eigenvalue weighted by molar-refractivity contribution is -0.137. The number of aryl methyl sites for hydroxylation is 1. The molecule has 0 saturated carbocycles. The summed E-state index contributed by atoms with van der Waals surface area (Å²) in [4.78, 5) is 0.587. The summed E-state index contributed by atoms with van der Waals surface area (Å²) in [5, 5.41) is 9.35. The van der Waals surface area contributed by atoms with E-state index in [1.807, 2.05) is 6.07 Å². The number of halogens is 4. The fraction of sp³-hybridized carbons (Fsp3) is 0.235. The molecule has 0 amide bonds. The van der Waals surface area contributed by atoms with Crippen molar-refractivity contribution in [2.24, 2.45) is 0 Å². The van der Waals surface area contributed by atoms with E-state index in [2.05, 4.69) is 0 Å². The van der Waals surface area contributed by atoms with Crippen molar-refractivity contribution >= 4 is 28.7 Å². The van der Waals surface area contributed by atoms with Crippen molar-refractivity contribution in [3.63, 3.8) is 0 Å². The maximum absolute atomic E-state index is 12.9. The molecule has 0 aliphatic carbocycles. The maximum Gasteiger partial charge on any atom is 0.417 e. The molecule has 2 rings (SSSR count). The standard InChI is InChI=1S/C17H14ClF3OS/c1-10-2-3-12(9-16(10)22)7-13(23)6-11-4-5-15(18)14(8-11)17(19,20)21/h2-5,8-9,22H,6-7H2,1H3. The molecule has 0 aromatic heterocycles. The predicted molar refractivity (Wildman–Crippen MR) is 89.3 cm³/mol. The van der Waals surface area contributed by atoms with Gasteiger partial charge in [0.05, 0.1) is 10.6 Å². The number of phenols is 1. The minimum atomic E-state index is -4.49. The second kappa shape index (κ2) is 6.89. The van der Waals surface area contributed by atoms with Crippen LogP contribution in [0.3, 0.4) is 0 Å². The van der Waals surface area contributed by atoms with Gasteiger partial charge in [0.25, 0.3) is 0 Å². The quantitative estimate of drug-likeness (QED) is 0.725. The van der Waals surface area contributed by atoms with Crippen LogP contribution in [0.5, 0.6) is 5.75 Å². The van der Waals surface area contributed by atoms with E-state index in [0.29, 0.717) is 16.8 Å². The second-order valence-electron chi connectivity index (χ2n) is 5.33. The van der Waals surface area contributed by atoms with Crippen LogP contribution in [-0.2, 0) is 19.0 Å². The molecule has 0 bridgehead atoms. The first-order valence-corrected chi connectivity index (χ1v) is 7.61. The maximum atomic E-state index is 12.9. The molecule has 23 heavy (non-hydrogen) atoms. The summed E-state index contributed by atoms with van der Waals surface area (Å²) in [5.74, 6) is 0.177. The van der Waals surface area contributed by atoms with Crippen molar-refractivity contribution in [1.82, 2.24) is 0 Å². The van der Waals surface area contributed by atoms with Crippen molar-refractivity contribution < 1.29 is 18.3 Å². The van der Waals surface area contributed by atoms with Crippen molar-refractivity contribution in [3.8, 4) is 5.75 Å². The van der Waals surface area contributed by atoms with Gasteiger partial charge < -0.3 is 5.11 Å². The van der Waals surface area contributed by atoms with Crippen molar-refractivity contribution in [2.75, 3.05) is 0 Å². The zero-order valence-corrected chi connectivity index (χ0v) is 13.8. The lowest BCUT2D eigenvalue weighted by Crippen LogP contribution is -2.09. The van der Waals surface area contributed by atoms with Crippen molar-refractivity contribution in [3.05, 3.63) is 63.7 Å². The van der Waals surface area contributed by atoms with Gasteiger partial charge in [0, 0.05) is 17.7 Å². The van der Waals surface area contributed by atoms with Crippen LogP contribution in [0.15, 0.2) is 36.4 Å². The van der Waals surface area contributed by atoms with E-state index in [1.54, 1.807) is 19.1 Å². The number of aromatic hydroxyl groups is 1. The number of thiocarbonyl (C=S) groups is 1. The molecule has 1 N–H and O–H groups in total. The lowest BCUT2D eigenvalue weighted by atomic mass is 10.0. The molecule has 2 aromatic carbocycles. The molecule has 0 fully saturated rings. The molecule has 0 heterocycles. The largest absolute Gasteiger partial charge is 0.508 e. The molecule has 0 spiro atoms. The third-order valence-corrected chi connectivity index (χ3v) is 4.03. The van der Waals surface area contributed by atoms with E-state index in [1.165, 1.54) is 12.1 Å². The molecule has 0 atom stereocenters. The van der Waals surface area contributed by atoms with Crippen LogP contribution in [0.25, 0.3) is 0 Å². The molecule has 0 radical (unpaired) electrons. The third kappa shape index (κ3) is 4.69. The highest BCUT2D eigenvalue weighted by atomic mass is 35.5. The highest BCUT2D eigenvalue weighted by Crippen LogP contribution is 2.35. The summed E-state index contributed by atoms with van der Waals surface area (Å²) < 4.78 is 38.6. The Hall–Kier alpha value is -1.59. The first-order valence-electron chi connectivity index (χ1n) is 6.82. The van der Waals surface area contributed by atoms with E-state index in [-0.39, 0.29) is 17.2 Å². The number of alkyl halides is 3. The van der Waals surface area contributed by atoms with Crippen LogP contribution in [0.4, 0.5) is 13.2 Å². The van der Waals surface area contributed by atoms with Gasteiger partial charge in [-0.15, -0.1) is 0 Å². The van der Waals surface area contributed by atoms with Gasteiger partial charge in [0.1, 0.15) is 5.75 Å². The Morgan fingerprint density at radius 1 is 1.09 bits per heavy atom. The normalized spacial score (nSPS) is 11.5. The van der Waals surface area contributed by atoms with Gasteiger partial charge in [0.2, 0.25) is 0 Å². The molecule has 0 aliphatic rings. The Kier molecular flexibility index (Phi) is 5.32. The molecular weight excluding hydrogens is 345 g/mol. The van der Waals surface area contributed by atoms with Crippen LogP contribution in [0.1, 0.15) is 22.3 Å². The topological polar surface area (TPSA) is 20.2 Å². The summed E-state index contributed by atoms with van der Waals surface area (Å²) in [5.41, 5.74) is 1.19. The Bertz CT molecular complexity index is 741. The smallest absolute Gasteiger partial charge is 0.417 e. The van der Waals surface area contributed by atoms with Crippen LogP contribution in [-0.4, -0.2) is 9.97 Å². The summed E-state index contributed by atoms with van der Waals surface area (Å²) in [6.45, 7) is 1.78. The zero-order valence-electron chi connectivity index (χ0n) is 12.2. The third-order valence-electron chi connectivity index (χ3n) is 3.41. The Balaban J connectivity index is 2.12. The van der Waals surface area contributed by atoms with Crippen molar-refractivity contribution in [1.29, 1.82) is 0 Å². The van der Waals surface area contributed by atoms with E-state index < -0.39 is 11.7 Å². The monoisotopic (exact) mass is 358 g/mol. The summed E-state index contributed by atoms with van der Waals surface area (Å²) in [6, 6.07) is 9.03. The number of rotatable bonds is 4. The van der Waals surface area contributed by atoms with Crippen LogP contribution < -0.4 is 0 Å². The summed E-state index contributed by atoms with van der Waals surface area (Å²) in [6.07, 6.45) is -3.84. The Labute approximate surface area is 142 Å². The first kappa shape index (κ1) is 17.8. The lowest BCUT2D eigenvalue weighted by Gasteiger charge is -2.11. The Morgan fingerprint density at radius 3 is 2.22 bits per heavy atom. The average molecular weight is 359 g/mol. The number of hydrogen-bond donors (Lipinski definition) is 1. The minimum Gasteiger partial charge on any atom is -0.508 e. The van der Waals surface area contributed by atoms with E-state index in [4.69, 9.17) is 23.8 Å². The van der Waals surface area contributed by atoms with E-state index in [0.717, 1.165) is 17.2 Å². The predicted octanol–water partition coefficient (Wildman–Crippen LogP) is 5.53. The SMILES string of the molecule is Cc1ccc(CC(=S)Cc2ccc(Cl)c(C(F)(F)F)c2)cc1O. The highest BCUT2D eigenvalue weighted by Gasteiger charge is 2.33. The van der Waals surface area contributed by atoms with Gasteiger partial charge in [-0.05, 0) is 41.8 Å². The van der Waals surface area contributed by atoms with Crippen molar-refractivity contribution in [2.45, 2.75) is 25.9 Å². The molecule has 1 nitrogen and oxygen atoms in total. The first-order chi connectivity index (χ1) is 10.7. The molecule has 6 heteroatoms. The van der Waals surface area contributed by atoms with Crippen LogP contribution in [0.2, 0.25) is 5.02 Å². The minimum absolute atomic E-state index is 0.177. The van der Waals surface area contributed by atoms with Gasteiger partial charge in [-0.2, -0.15) is 13.2 Å². The zero-order chi connectivity index (χ0) is 17.2. The molecule has 2 aromatic rings. The number of benzene rings is 2. The molecule has 0 unspecified atom stereocenters. The molecular formula is C17H14ClF3OS. The van der Waals surface area contributed by atoms with Gasteiger partial charge in [0.15, 0.2) is 0 Å². The van der Waals surface area contributed by atoms with Gasteiger partial charge in [-0.3, -0.25) is 0 Å². The average Bonchev–Trinajstić information content (AvgIpc) is 2.44. The Morgan fingerprint density at radius 2 is 1.65 bits per heavy atom. The molecule has 122 valence electrons.